The minimum atomic E-state index is -0.406. The highest BCUT2D eigenvalue weighted by Crippen LogP contribution is 2.22. The van der Waals surface area contributed by atoms with Gasteiger partial charge in [-0.25, -0.2) is 28.3 Å². The number of benzene rings is 2. The molecule has 4 aromatic heterocycles. The van der Waals surface area contributed by atoms with E-state index >= 15 is 0 Å². The highest BCUT2D eigenvalue weighted by atomic mass is 16.5. The van der Waals surface area contributed by atoms with Crippen molar-refractivity contribution in [2.24, 2.45) is 0 Å². The van der Waals surface area contributed by atoms with Crippen LogP contribution in [0, 0.1) is 0 Å². The lowest BCUT2D eigenvalue weighted by atomic mass is 10.0. The quantitative estimate of drug-likeness (QED) is 0.0160. The van der Waals surface area contributed by atoms with Crippen LogP contribution in [0.1, 0.15) is 337 Å². The third-order valence-corrected chi connectivity index (χ3v) is 19.4. The van der Waals surface area contributed by atoms with Crippen molar-refractivity contribution in [3.05, 3.63) is 168 Å². The minimum absolute atomic E-state index is 0.366. The zero-order valence-corrected chi connectivity index (χ0v) is 62.7. The highest BCUT2D eigenvalue weighted by molar-refractivity contribution is 5.96. The standard InChI is InChI=1S/C88H130N4O8/c1-5-9-13-17-21-25-29-33-37-41-63-97-85(93)81-67-75(68-82(71-81)86(94)98-64-42-38-34-30-26-22-18-14-10-6-2)73-91-57-49-79(50-58-91)77-45-53-89(54-46-77)61-62-90-55-47-78(48-56-90)80-51-59-92(60-52-80)74-76-69-83(87(95)99-65-43-39-35-31-27-23-19-15-11-7-3)72-84(70-76)88(96)100-66-44-40-36-32-28-24-20-16-12-8-4/h45-60,67-72H,5-44,61-66,73-74H2,1-4H3/q+4. The van der Waals surface area contributed by atoms with Gasteiger partial charge in [-0.2, -0.15) is 9.13 Å². The first kappa shape index (κ1) is 81.9. The third kappa shape index (κ3) is 34.5. The number of aryl methyl sites for hydroxylation is 2. The van der Waals surface area contributed by atoms with Gasteiger partial charge in [-0.1, -0.05) is 259 Å². The number of unbranched alkanes of at least 4 members (excludes halogenated alkanes) is 36. The molecule has 6 aromatic rings. The third-order valence-electron chi connectivity index (χ3n) is 19.4. The lowest BCUT2D eigenvalue weighted by Gasteiger charge is -2.10. The van der Waals surface area contributed by atoms with E-state index in [0.717, 1.165) is 124 Å². The minimum Gasteiger partial charge on any atom is -0.462 e. The molecule has 0 bridgehead atoms. The largest absolute Gasteiger partial charge is 0.462 e. The van der Waals surface area contributed by atoms with Crippen molar-refractivity contribution < 1.29 is 56.4 Å². The maximum atomic E-state index is 13.5. The van der Waals surface area contributed by atoms with Crippen LogP contribution in [0.15, 0.2) is 135 Å². The molecule has 12 nitrogen and oxygen atoms in total. The summed E-state index contributed by atoms with van der Waals surface area (Å²) in [5.74, 6) is -1.63. The summed E-state index contributed by atoms with van der Waals surface area (Å²) in [6.45, 7) is 13.0. The van der Waals surface area contributed by atoms with E-state index in [9.17, 15) is 19.2 Å². The zero-order chi connectivity index (χ0) is 70.7. The Balaban J connectivity index is 0.988. The van der Waals surface area contributed by atoms with Crippen molar-refractivity contribution in [1.29, 1.82) is 0 Å². The molecule has 0 aliphatic heterocycles. The predicted octanol–water partition coefficient (Wildman–Crippen LogP) is 21.3. The molecule has 0 atom stereocenters. The van der Waals surface area contributed by atoms with Gasteiger partial charge in [0.1, 0.15) is 0 Å². The number of aromatic nitrogens is 4. The van der Waals surface area contributed by atoms with Gasteiger partial charge in [0.2, 0.25) is 13.1 Å². The Morgan fingerprint density at radius 1 is 0.240 bits per heavy atom. The summed E-state index contributed by atoms with van der Waals surface area (Å²) in [5.41, 5.74) is 7.53. The molecule has 0 spiro atoms. The number of pyridine rings is 4. The van der Waals surface area contributed by atoms with Crippen molar-refractivity contribution >= 4 is 23.9 Å². The summed E-state index contributed by atoms with van der Waals surface area (Å²) in [5, 5.41) is 0. The first-order chi connectivity index (χ1) is 49.2. The first-order valence-electron chi connectivity index (χ1n) is 40.1. The second kappa shape index (κ2) is 52.0. The second-order valence-corrected chi connectivity index (χ2v) is 28.3. The van der Waals surface area contributed by atoms with Gasteiger partial charge >= 0.3 is 23.9 Å². The van der Waals surface area contributed by atoms with E-state index in [1.165, 1.54) is 180 Å². The van der Waals surface area contributed by atoms with Crippen LogP contribution < -0.4 is 18.3 Å². The second-order valence-electron chi connectivity index (χ2n) is 28.3. The average molecular weight is 1370 g/mol. The fourth-order valence-corrected chi connectivity index (χ4v) is 13.1. The van der Waals surface area contributed by atoms with E-state index in [-0.39, 0.29) is 0 Å². The van der Waals surface area contributed by atoms with E-state index in [1.54, 1.807) is 12.1 Å². The van der Waals surface area contributed by atoms with E-state index in [1.807, 2.05) is 49.1 Å². The van der Waals surface area contributed by atoms with Crippen LogP contribution >= 0.6 is 0 Å². The molecule has 2 aromatic carbocycles. The molecule has 0 aliphatic carbocycles. The molecule has 4 heterocycles. The van der Waals surface area contributed by atoms with Crippen molar-refractivity contribution in [3.8, 4) is 22.3 Å². The Morgan fingerprint density at radius 2 is 0.420 bits per heavy atom. The molecule has 0 radical (unpaired) electrons. The highest BCUT2D eigenvalue weighted by Gasteiger charge is 2.21. The summed E-state index contributed by atoms with van der Waals surface area (Å²) < 4.78 is 31.7. The number of hydrogen-bond donors (Lipinski definition) is 0. The van der Waals surface area contributed by atoms with Gasteiger partial charge in [0.05, 0.1) is 48.7 Å². The Labute approximate surface area is 604 Å². The van der Waals surface area contributed by atoms with Crippen LogP contribution in [0.25, 0.3) is 22.3 Å². The van der Waals surface area contributed by atoms with Crippen molar-refractivity contribution in [3.63, 3.8) is 0 Å². The summed E-state index contributed by atoms with van der Waals surface area (Å²) in [7, 11) is 0. The van der Waals surface area contributed by atoms with Crippen molar-refractivity contribution in [2.75, 3.05) is 26.4 Å². The number of hydrogen-bond acceptors (Lipinski definition) is 8. The molecule has 0 N–H and O–H groups in total. The normalized spacial score (nSPS) is 11.3. The Bertz CT molecular complexity index is 2840. The van der Waals surface area contributed by atoms with Crippen LogP contribution in [-0.4, -0.2) is 50.3 Å². The van der Waals surface area contributed by atoms with Gasteiger partial charge in [-0.15, -0.1) is 0 Å². The van der Waals surface area contributed by atoms with Crippen LogP contribution in [0.5, 0.6) is 0 Å². The SMILES string of the molecule is CCCCCCCCCCCCOC(=O)c1cc(C[n+]2ccc(-c3cc[n+](CC[n+]4ccc(-c5cc[n+](Cc6cc(C(=O)OCCCCCCCCCCCC)cc(C(=O)OCCCCCCCCCCCC)c6)cc5)cc4)cc3)cc2)cc(C(=O)OCCCCCCCCCCCC)c1. The molecular weight excluding hydrogens is 1240 g/mol. The van der Waals surface area contributed by atoms with Crippen LogP contribution in [0.4, 0.5) is 0 Å². The lowest BCUT2D eigenvalue weighted by Crippen LogP contribution is -2.43. The van der Waals surface area contributed by atoms with Crippen molar-refractivity contribution in [2.45, 2.75) is 311 Å². The molecule has 0 fully saturated rings. The van der Waals surface area contributed by atoms with Gasteiger partial charge in [-0.3, -0.25) is 0 Å². The molecule has 0 amide bonds. The number of carbonyl (C=O) groups is 4. The molecule has 100 heavy (non-hydrogen) atoms. The molecule has 6 rings (SSSR count). The van der Waals surface area contributed by atoms with E-state index in [0.29, 0.717) is 61.8 Å². The van der Waals surface area contributed by atoms with Gasteiger partial charge in [0.15, 0.2) is 62.7 Å². The van der Waals surface area contributed by atoms with Crippen LogP contribution in [0.3, 0.4) is 0 Å². The molecule has 12 heteroatoms. The Hall–Kier alpha value is -7.08. The van der Waals surface area contributed by atoms with E-state index in [4.69, 9.17) is 18.9 Å². The van der Waals surface area contributed by atoms with E-state index in [2.05, 4.69) is 119 Å². The zero-order valence-electron chi connectivity index (χ0n) is 62.7. The van der Waals surface area contributed by atoms with Crippen molar-refractivity contribution in [1.82, 2.24) is 0 Å². The fraction of sp³-hybridized carbons (Fsp3) is 0.591. The monoisotopic (exact) mass is 1370 g/mol. The Morgan fingerprint density at radius 3 is 0.620 bits per heavy atom. The summed E-state index contributed by atoms with van der Waals surface area (Å²) >= 11 is 0. The maximum Gasteiger partial charge on any atom is 0.338 e. The molecule has 546 valence electrons. The van der Waals surface area contributed by atoms with Gasteiger partial charge in [-0.05, 0) is 84.3 Å². The smallest absolute Gasteiger partial charge is 0.338 e. The van der Waals surface area contributed by atoms with E-state index < -0.39 is 23.9 Å². The van der Waals surface area contributed by atoms with Gasteiger partial charge in [0.25, 0.3) is 0 Å². The molecular formula is C88H130N4O8+4. The van der Waals surface area contributed by atoms with Crippen LogP contribution in [0.2, 0.25) is 0 Å². The summed E-state index contributed by atoms with van der Waals surface area (Å²) in [6, 6.07) is 27.7. The average Bonchev–Trinajstić information content (AvgIpc) is 0.845. The van der Waals surface area contributed by atoms with Gasteiger partial charge in [0, 0.05) is 59.7 Å². The number of rotatable bonds is 57. The van der Waals surface area contributed by atoms with Crippen LogP contribution in [-0.2, 0) is 45.1 Å². The fourth-order valence-electron chi connectivity index (χ4n) is 13.1. The lowest BCUT2D eigenvalue weighted by molar-refractivity contribution is -0.778. The number of ether oxygens (including phenoxy) is 4. The number of esters is 4. The summed E-state index contributed by atoms with van der Waals surface area (Å²) in [6.07, 6.45) is 65.0. The molecule has 0 saturated carbocycles. The number of carbonyl (C=O) groups excluding carboxylic acids is 4. The molecule has 0 saturated heterocycles. The number of nitrogens with zero attached hydrogens (tertiary/aromatic N) is 4. The maximum absolute atomic E-state index is 13.5. The first-order valence-corrected chi connectivity index (χ1v) is 40.1. The topological polar surface area (TPSA) is 121 Å². The molecule has 0 aliphatic rings. The Kier molecular flexibility index (Phi) is 42.6. The summed E-state index contributed by atoms with van der Waals surface area (Å²) in [4.78, 5) is 54.1. The predicted molar refractivity (Wildman–Crippen MR) is 404 cm³/mol. The molecule has 0 unspecified atom stereocenters. The van der Waals surface area contributed by atoms with Gasteiger partial charge < -0.3 is 18.9 Å².